The van der Waals surface area contributed by atoms with Crippen molar-refractivity contribution in [3.63, 3.8) is 0 Å². The number of aryl methyl sites for hydroxylation is 1. The molecule has 0 amide bonds. The normalized spacial score (nSPS) is 14.7. The summed E-state index contributed by atoms with van der Waals surface area (Å²) in [7, 11) is 0. The predicted octanol–water partition coefficient (Wildman–Crippen LogP) is 3.41. The molecule has 2 aromatic carbocycles. The largest absolute Gasteiger partial charge is 0.508 e. The Morgan fingerprint density at radius 2 is 2.00 bits per heavy atom. The number of non-ortho nitro benzene ring substituents is 1. The fourth-order valence-electron chi connectivity index (χ4n) is 3.04. The van der Waals surface area contributed by atoms with Crippen molar-refractivity contribution in [1.29, 1.82) is 0 Å². The van der Waals surface area contributed by atoms with Crippen molar-refractivity contribution < 1.29 is 24.7 Å². The average molecular weight is 352 g/mol. The average Bonchev–Trinajstić information content (AvgIpc) is 3.04. The van der Waals surface area contributed by atoms with Crippen LogP contribution in [0.3, 0.4) is 0 Å². The molecular formula is C18H12N2O6. The first-order valence-electron chi connectivity index (χ1n) is 7.62. The number of ether oxygens (including phenoxy) is 1. The van der Waals surface area contributed by atoms with E-state index in [1.807, 2.05) is 0 Å². The Kier molecular flexibility index (Phi) is 3.23. The number of nitrogens with one attached hydrogen (secondary N) is 1. The van der Waals surface area contributed by atoms with Gasteiger partial charge in [-0.3, -0.25) is 14.9 Å². The molecule has 1 aliphatic rings. The summed E-state index contributed by atoms with van der Waals surface area (Å²) < 4.78 is 5.48. The van der Waals surface area contributed by atoms with Crippen LogP contribution < -0.4 is 4.74 Å². The third-order valence-electron chi connectivity index (χ3n) is 4.24. The van der Waals surface area contributed by atoms with Crippen molar-refractivity contribution in [3.8, 4) is 17.2 Å². The Labute approximate surface area is 146 Å². The highest BCUT2D eigenvalue weighted by Crippen LogP contribution is 2.41. The minimum absolute atomic E-state index is 0.0301. The van der Waals surface area contributed by atoms with Gasteiger partial charge in [-0.2, -0.15) is 0 Å². The van der Waals surface area contributed by atoms with Gasteiger partial charge in [0.15, 0.2) is 5.76 Å². The number of hydrogen-bond donors (Lipinski definition) is 3. The summed E-state index contributed by atoms with van der Waals surface area (Å²) in [5.41, 5.74) is 1.86. The molecule has 1 aromatic heterocycles. The number of aromatic hydroxyl groups is 2. The first-order chi connectivity index (χ1) is 12.3. The van der Waals surface area contributed by atoms with Crippen LogP contribution in [-0.4, -0.2) is 25.9 Å². The van der Waals surface area contributed by atoms with Gasteiger partial charge in [-0.1, -0.05) is 0 Å². The number of hydrogen-bond acceptors (Lipinski definition) is 6. The molecule has 130 valence electrons. The van der Waals surface area contributed by atoms with Gasteiger partial charge in [-0.25, -0.2) is 0 Å². The fourth-order valence-corrected chi connectivity index (χ4v) is 3.04. The lowest BCUT2D eigenvalue weighted by Crippen LogP contribution is -1.98. The van der Waals surface area contributed by atoms with Gasteiger partial charge in [-0.05, 0) is 19.1 Å². The Morgan fingerprint density at radius 3 is 2.73 bits per heavy atom. The minimum atomic E-state index is -0.531. The Balaban J connectivity index is 1.86. The second kappa shape index (κ2) is 5.35. The van der Waals surface area contributed by atoms with Crippen LogP contribution in [0, 0.1) is 17.0 Å². The summed E-state index contributed by atoms with van der Waals surface area (Å²) >= 11 is 0. The number of H-pyrrole nitrogens is 1. The Morgan fingerprint density at radius 1 is 1.23 bits per heavy atom. The minimum Gasteiger partial charge on any atom is -0.508 e. The molecule has 0 radical (unpaired) electrons. The van der Waals surface area contributed by atoms with Gasteiger partial charge in [-0.15, -0.1) is 0 Å². The van der Waals surface area contributed by atoms with Crippen molar-refractivity contribution in [3.05, 3.63) is 63.0 Å². The van der Waals surface area contributed by atoms with E-state index in [0.717, 1.165) is 6.07 Å². The molecule has 8 heteroatoms. The number of nitrogens with zero attached hydrogens (tertiary/aromatic N) is 1. The molecule has 0 spiro atoms. The molecule has 2 heterocycles. The van der Waals surface area contributed by atoms with Crippen LogP contribution >= 0.6 is 0 Å². The van der Waals surface area contributed by atoms with Gasteiger partial charge in [0.1, 0.15) is 22.8 Å². The van der Waals surface area contributed by atoms with Gasteiger partial charge >= 0.3 is 0 Å². The van der Waals surface area contributed by atoms with E-state index in [4.69, 9.17) is 4.74 Å². The summed E-state index contributed by atoms with van der Waals surface area (Å²) in [6.45, 7) is 1.77. The number of phenolic OH excluding ortho intramolecular Hbond substituents is 2. The molecular weight excluding hydrogens is 340 g/mol. The Hall–Kier alpha value is -3.81. The molecule has 0 fully saturated rings. The molecule has 0 saturated carbocycles. The number of Topliss-reactive ketones (excluding diaryl/α,β-unsaturated/α-hetero) is 1. The molecule has 4 rings (SSSR count). The summed E-state index contributed by atoms with van der Waals surface area (Å²) in [5.74, 6) is -1.12. The maximum atomic E-state index is 12.5. The number of benzene rings is 2. The van der Waals surface area contributed by atoms with Crippen molar-refractivity contribution >= 4 is 28.4 Å². The van der Waals surface area contributed by atoms with E-state index >= 15 is 0 Å². The third kappa shape index (κ3) is 2.27. The zero-order valence-corrected chi connectivity index (χ0v) is 13.4. The lowest BCUT2D eigenvalue weighted by Gasteiger charge is -2.00. The van der Waals surface area contributed by atoms with Crippen LogP contribution in [-0.2, 0) is 0 Å². The number of carbonyl (C=O) groups excluding carboxylic acids is 1. The first kappa shape index (κ1) is 15.7. The zero-order valence-electron chi connectivity index (χ0n) is 13.4. The lowest BCUT2D eigenvalue weighted by molar-refractivity contribution is -0.384. The highest BCUT2D eigenvalue weighted by molar-refractivity contribution is 6.17. The quantitative estimate of drug-likeness (QED) is 0.369. The number of allylic oxidation sites excluding steroid dienone is 1. The molecule has 26 heavy (non-hydrogen) atoms. The van der Waals surface area contributed by atoms with Gasteiger partial charge in [0.2, 0.25) is 5.78 Å². The van der Waals surface area contributed by atoms with Crippen LogP contribution in [0.25, 0.3) is 17.0 Å². The third-order valence-corrected chi connectivity index (χ3v) is 4.24. The number of rotatable bonds is 2. The molecule has 0 saturated heterocycles. The first-order valence-corrected chi connectivity index (χ1v) is 7.62. The summed E-state index contributed by atoms with van der Waals surface area (Å²) in [6, 6.07) is 6.70. The van der Waals surface area contributed by atoms with Crippen LogP contribution in [0.4, 0.5) is 5.69 Å². The summed E-state index contributed by atoms with van der Waals surface area (Å²) in [4.78, 5) is 26.2. The number of ketones is 1. The van der Waals surface area contributed by atoms with Crippen LogP contribution in [0.15, 0.2) is 36.1 Å². The maximum Gasteiger partial charge on any atom is 0.270 e. The summed E-state index contributed by atoms with van der Waals surface area (Å²) in [6.07, 6.45) is 1.47. The number of nitro groups is 1. The van der Waals surface area contributed by atoms with E-state index in [2.05, 4.69) is 4.98 Å². The van der Waals surface area contributed by atoms with E-state index in [0.29, 0.717) is 22.2 Å². The molecule has 8 nitrogen and oxygen atoms in total. The van der Waals surface area contributed by atoms with E-state index in [-0.39, 0.29) is 34.3 Å². The highest BCUT2D eigenvalue weighted by Gasteiger charge is 2.31. The zero-order chi connectivity index (χ0) is 18.6. The Bertz CT molecular complexity index is 1140. The van der Waals surface area contributed by atoms with Gasteiger partial charge < -0.3 is 19.9 Å². The van der Waals surface area contributed by atoms with Crippen molar-refractivity contribution in [2.45, 2.75) is 6.92 Å². The standard InChI is InChI=1S/C18H12N2O6/c1-8-11(12-4-9(20(24)25)2-3-13(12)19-8)7-16-18(23)17-14(22)5-10(21)6-15(17)26-16/h2-7,19,21-22H,1H3/b16-7+. The van der Waals surface area contributed by atoms with Crippen molar-refractivity contribution in [2.24, 2.45) is 0 Å². The number of carbonyl (C=O) groups is 1. The van der Waals surface area contributed by atoms with E-state index in [1.165, 1.54) is 24.3 Å². The molecule has 0 aliphatic carbocycles. The second-order valence-electron chi connectivity index (χ2n) is 5.93. The molecule has 0 bridgehead atoms. The lowest BCUT2D eigenvalue weighted by atomic mass is 10.1. The maximum absolute atomic E-state index is 12.5. The number of aromatic amines is 1. The van der Waals surface area contributed by atoms with Crippen LogP contribution in [0.2, 0.25) is 0 Å². The van der Waals surface area contributed by atoms with E-state index < -0.39 is 10.7 Å². The van der Waals surface area contributed by atoms with Gasteiger partial charge in [0.25, 0.3) is 5.69 Å². The molecule has 3 aromatic rings. The van der Waals surface area contributed by atoms with E-state index in [1.54, 1.807) is 13.0 Å². The molecule has 1 aliphatic heterocycles. The van der Waals surface area contributed by atoms with Gasteiger partial charge in [0, 0.05) is 46.4 Å². The van der Waals surface area contributed by atoms with Gasteiger partial charge in [0.05, 0.1) is 4.92 Å². The predicted molar refractivity (Wildman–Crippen MR) is 92.4 cm³/mol. The van der Waals surface area contributed by atoms with Crippen molar-refractivity contribution in [2.75, 3.05) is 0 Å². The fraction of sp³-hybridized carbons (Fsp3) is 0.0556. The second-order valence-corrected chi connectivity index (χ2v) is 5.93. The number of phenols is 2. The topological polar surface area (TPSA) is 126 Å². The SMILES string of the molecule is Cc1[nH]c2ccc([N+](=O)[O-])cc2c1/C=C1/Oc2cc(O)cc(O)c2C1=O. The number of nitro benzene ring substituents is 1. The molecule has 3 N–H and O–H groups in total. The summed E-state index contributed by atoms with van der Waals surface area (Å²) in [5, 5.41) is 31.0. The molecule has 0 atom stereocenters. The van der Waals surface area contributed by atoms with E-state index in [9.17, 15) is 25.1 Å². The number of fused-ring (bicyclic) bond motifs is 2. The smallest absolute Gasteiger partial charge is 0.270 e. The van der Waals surface area contributed by atoms with Crippen LogP contribution in [0.1, 0.15) is 21.6 Å². The van der Waals surface area contributed by atoms with Crippen LogP contribution in [0.5, 0.6) is 17.2 Å². The molecule has 0 unspecified atom stereocenters. The highest BCUT2D eigenvalue weighted by atomic mass is 16.6. The number of aromatic nitrogens is 1. The monoisotopic (exact) mass is 352 g/mol. The van der Waals surface area contributed by atoms with Crippen molar-refractivity contribution in [1.82, 2.24) is 4.98 Å².